The minimum atomic E-state index is -0.327. The second kappa shape index (κ2) is 4.80. The van der Waals surface area contributed by atoms with Crippen molar-refractivity contribution in [1.82, 2.24) is 9.78 Å². The van der Waals surface area contributed by atoms with Gasteiger partial charge in [0.2, 0.25) is 5.43 Å². The van der Waals surface area contributed by atoms with E-state index in [2.05, 4.69) is 5.10 Å². The lowest BCUT2D eigenvalue weighted by atomic mass is 10.1. The van der Waals surface area contributed by atoms with E-state index in [1.807, 2.05) is 32.0 Å². The first kappa shape index (κ1) is 13.2. The Morgan fingerprint density at radius 3 is 2.47 bits per heavy atom. The summed E-state index contributed by atoms with van der Waals surface area (Å²) in [6, 6.07) is 7.45. The number of carbonyl (C=O) groups excluding carboxylic acids is 1. The topological polar surface area (TPSA) is 52.0 Å². The molecule has 1 heterocycles. The van der Waals surface area contributed by atoms with Gasteiger partial charge in [0.05, 0.1) is 5.69 Å². The van der Waals surface area contributed by atoms with E-state index in [9.17, 15) is 9.59 Å². The molecule has 4 heteroatoms. The first-order chi connectivity index (χ1) is 8.90. The van der Waals surface area contributed by atoms with Crippen molar-refractivity contribution in [3.8, 4) is 5.69 Å². The highest BCUT2D eigenvalue weighted by Gasteiger charge is 2.12. The maximum absolute atomic E-state index is 11.7. The second-order valence-corrected chi connectivity index (χ2v) is 4.76. The number of benzene rings is 1. The van der Waals surface area contributed by atoms with Crippen molar-refractivity contribution in [2.45, 2.75) is 27.7 Å². The molecular weight excluding hydrogens is 240 g/mol. The van der Waals surface area contributed by atoms with Crippen LogP contribution < -0.4 is 5.43 Å². The van der Waals surface area contributed by atoms with E-state index in [0.717, 1.165) is 16.8 Å². The molecule has 0 bridgehead atoms. The molecule has 0 amide bonds. The number of Topliss-reactive ketones (excluding diaryl/α,β-unsaturated/α-hetero) is 1. The highest BCUT2D eigenvalue weighted by atomic mass is 16.1. The summed E-state index contributed by atoms with van der Waals surface area (Å²) in [6.07, 6.45) is 0. The van der Waals surface area contributed by atoms with E-state index >= 15 is 0 Å². The van der Waals surface area contributed by atoms with Gasteiger partial charge in [-0.1, -0.05) is 12.1 Å². The van der Waals surface area contributed by atoms with Gasteiger partial charge < -0.3 is 0 Å². The molecule has 0 aliphatic heterocycles. The summed E-state index contributed by atoms with van der Waals surface area (Å²) in [5.41, 5.74) is 3.39. The highest BCUT2D eigenvalue weighted by molar-refractivity contribution is 5.91. The zero-order valence-electron chi connectivity index (χ0n) is 11.5. The standard InChI is InChI=1S/C15H16N2O2/c1-9-5-6-10(2)13(7-9)17-11(3)8-14(19)15(16-17)12(4)18/h5-8H,1-4H3. The summed E-state index contributed by atoms with van der Waals surface area (Å²) in [6.45, 7) is 7.13. The summed E-state index contributed by atoms with van der Waals surface area (Å²) in [5, 5.41) is 4.20. The van der Waals surface area contributed by atoms with Crippen molar-refractivity contribution in [2.24, 2.45) is 0 Å². The number of carbonyl (C=O) groups is 1. The molecule has 0 N–H and O–H groups in total. The molecular formula is C15H16N2O2. The number of rotatable bonds is 2. The molecule has 1 aromatic carbocycles. The van der Waals surface area contributed by atoms with Crippen LogP contribution in [0.3, 0.4) is 0 Å². The smallest absolute Gasteiger partial charge is 0.211 e. The van der Waals surface area contributed by atoms with Gasteiger partial charge in [0.1, 0.15) is 0 Å². The quantitative estimate of drug-likeness (QED) is 0.775. The molecule has 0 saturated carbocycles. The molecule has 0 fully saturated rings. The lowest BCUT2D eigenvalue weighted by Gasteiger charge is -2.13. The van der Waals surface area contributed by atoms with Gasteiger partial charge in [-0.25, -0.2) is 4.68 Å². The van der Waals surface area contributed by atoms with Gasteiger partial charge in [0.15, 0.2) is 11.5 Å². The first-order valence-electron chi connectivity index (χ1n) is 6.09. The number of aromatic nitrogens is 2. The van der Waals surface area contributed by atoms with E-state index in [1.54, 1.807) is 11.6 Å². The Morgan fingerprint density at radius 1 is 1.16 bits per heavy atom. The van der Waals surface area contributed by atoms with E-state index in [1.165, 1.54) is 13.0 Å². The Kier molecular flexibility index (Phi) is 3.34. The van der Waals surface area contributed by atoms with Crippen molar-refractivity contribution in [3.63, 3.8) is 0 Å². The zero-order chi connectivity index (χ0) is 14.2. The molecule has 0 saturated heterocycles. The molecule has 19 heavy (non-hydrogen) atoms. The van der Waals surface area contributed by atoms with Crippen LogP contribution in [0.2, 0.25) is 0 Å². The number of aryl methyl sites for hydroxylation is 3. The van der Waals surface area contributed by atoms with Gasteiger partial charge in [0.25, 0.3) is 0 Å². The molecule has 0 radical (unpaired) electrons. The number of ketones is 1. The Hall–Kier alpha value is -2.23. The van der Waals surface area contributed by atoms with Crippen molar-refractivity contribution in [3.05, 3.63) is 57.0 Å². The minimum absolute atomic E-state index is 0.0218. The van der Waals surface area contributed by atoms with Crippen LogP contribution >= 0.6 is 0 Å². The fourth-order valence-electron chi connectivity index (χ4n) is 1.98. The maximum atomic E-state index is 11.7. The van der Waals surface area contributed by atoms with Crippen LogP contribution in [-0.4, -0.2) is 15.6 Å². The third-order valence-corrected chi connectivity index (χ3v) is 3.03. The van der Waals surface area contributed by atoms with E-state index in [-0.39, 0.29) is 16.9 Å². The molecule has 0 atom stereocenters. The molecule has 0 aliphatic carbocycles. The molecule has 2 rings (SSSR count). The summed E-state index contributed by atoms with van der Waals surface area (Å²) >= 11 is 0. The molecule has 0 spiro atoms. The van der Waals surface area contributed by atoms with Crippen LogP contribution in [0.1, 0.15) is 34.2 Å². The minimum Gasteiger partial charge on any atom is -0.293 e. The van der Waals surface area contributed by atoms with Crippen LogP contribution in [0.5, 0.6) is 0 Å². The van der Waals surface area contributed by atoms with Crippen molar-refractivity contribution >= 4 is 5.78 Å². The fourth-order valence-corrected chi connectivity index (χ4v) is 1.98. The molecule has 0 unspecified atom stereocenters. The summed E-state index contributed by atoms with van der Waals surface area (Å²) in [4.78, 5) is 23.2. The van der Waals surface area contributed by atoms with E-state index in [4.69, 9.17) is 0 Å². The average molecular weight is 256 g/mol. The Morgan fingerprint density at radius 2 is 1.84 bits per heavy atom. The van der Waals surface area contributed by atoms with Gasteiger partial charge in [-0.05, 0) is 38.0 Å². The number of nitrogens with zero attached hydrogens (tertiary/aromatic N) is 2. The second-order valence-electron chi connectivity index (χ2n) is 4.76. The lowest BCUT2D eigenvalue weighted by Crippen LogP contribution is -2.21. The Balaban J connectivity index is 2.75. The van der Waals surface area contributed by atoms with E-state index in [0.29, 0.717) is 5.69 Å². The average Bonchev–Trinajstić information content (AvgIpc) is 2.32. The first-order valence-corrected chi connectivity index (χ1v) is 6.09. The van der Waals surface area contributed by atoms with Crippen molar-refractivity contribution in [1.29, 1.82) is 0 Å². The summed E-state index contributed by atoms with van der Waals surface area (Å²) < 4.78 is 1.65. The molecule has 2 aromatic rings. The third-order valence-electron chi connectivity index (χ3n) is 3.03. The highest BCUT2D eigenvalue weighted by Crippen LogP contribution is 2.16. The van der Waals surface area contributed by atoms with Crippen LogP contribution in [0.25, 0.3) is 5.69 Å². The van der Waals surface area contributed by atoms with Gasteiger partial charge in [0, 0.05) is 18.7 Å². The zero-order valence-corrected chi connectivity index (χ0v) is 11.5. The van der Waals surface area contributed by atoms with Gasteiger partial charge in [-0.2, -0.15) is 5.10 Å². The third kappa shape index (κ3) is 2.47. The monoisotopic (exact) mass is 256 g/mol. The molecule has 0 aliphatic rings. The predicted molar refractivity (Wildman–Crippen MR) is 74.0 cm³/mol. The van der Waals surface area contributed by atoms with Crippen LogP contribution in [0.4, 0.5) is 0 Å². The van der Waals surface area contributed by atoms with Crippen LogP contribution in [-0.2, 0) is 0 Å². The number of hydrogen-bond donors (Lipinski definition) is 0. The van der Waals surface area contributed by atoms with Gasteiger partial charge in [-0.15, -0.1) is 0 Å². The summed E-state index contributed by atoms with van der Waals surface area (Å²) in [5.74, 6) is -0.316. The molecule has 1 aromatic heterocycles. The predicted octanol–water partition coefficient (Wildman–Crippen LogP) is 2.36. The Bertz CT molecular complexity index is 715. The SMILES string of the molecule is CC(=O)c1nn(-c2cc(C)ccc2C)c(C)cc1=O. The van der Waals surface area contributed by atoms with Crippen molar-refractivity contribution < 1.29 is 4.79 Å². The fraction of sp³-hybridized carbons (Fsp3) is 0.267. The van der Waals surface area contributed by atoms with E-state index < -0.39 is 0 Å². The summed E-state index contributed by atoms with van der Waals surface area (Å²) in [7, 11) is 0. The molecule has 98 valence electrons. The Labute approximate surface area is 111 Å². The number of hydrogen-bond acceptors (Lipinski definition) is 3. The van der Waals surface area contributed by atoms with Crippen LogP contribution in [0.15, 0.2) is 29.1 Å². The largest absolute Gasteiger partial charge is 0.293 e. The van der Waals surface area contributed by atoms with Gasteiger partial charge in [-0.3, -0.25) is 9.59 Å². The van der Waals surface area contributed by atoms with Gasteiger partial charge >= 0.3 is 0 Å². The molecule has 4 nitrogen and oxygen atoms in total. The normalized spacial score (nSPS) is 10.5. The maximum Gasteiger partial charge on any atom is 0.211 e. The van der Waals surface area contributed by atoms with Crippen LogP contribution in [0, 0.1) is 20.8 Å². The van der Waals surface area contributed by atoms with Crippen molar-refractivity contribution in [2.75, 3.05) is 0 Å². The lowest BCUT2D eigenvalue weighted by molar-refractivity contribution is 0.101.